The number of piperazine rings is 2. The molecule has 0 unspecified atom stereocenters. The number of carbonyl (C=O) groups is 1. The van der Waals surface area contributed by atoms with Crippen LogP contribution in [0, 0.1) is 0 Å². The fraction of sp³-hybridized carbons (Fsp3) is 0.202. The van der Waals surface area contributed by atoms with Crippen LogP contribution in [-0.2, 0) is 58.5 Å². The smallest absolute Gasteiger partial charge is 1.00 e. The Bertz CT molecular complexity index is 5460. The van der Waals surface area contributed by atoms with Crippen molar-refractivity contribution in [1.82, 2.24) is 40.2 Å². The first-order valence-corrected chi connectivity index (χ1v) is 54.6. The van der Waals surface area contributed by atoms with Crippen molar-refractivity contribution < 1.29 is 213 Å². The standard InChI is InChI=1S/C20H28Cl2N6O3.4C18H15P.C14H25ClN6O3.C6H5BCl2O2.CH2O3.CH4.2Cs.Pd.H/c1-29-11-12-31-14-13-30-10-9-27-5-7-28(8-6-27)20-24-19(23)18(25-26-20)15-3-2-4-16(21)17(15)22;4*1-4-10-16(11-5-1)19(17-12-6-2-7-13-17)18-14-8-3-9-15-18;1-22-8-9-24-11-10-23-7-6-20-2-4-21(5-3-20)14-17-13(16)12(15)18-19-14;8-5-3-1-2-4(6(5)9)7(10)11;2-1-4-3;;;;;/h2-4H,5-14H2,1H3,(H2,23,24,26);4*1-15H;2-11H2,1H3,(H2,16,17,19);1-3,10-11H;1,3H;1H4;;;;/q;;;;;;;;;2*+1;;-1/p-1. The maximum atomic E-state index is 8.74. The van der Waals surface area contributed by atoms with Gasteiger partial charge in [-0.3, -0.25) is 14.6 Å². The predicted octanol–water partition coefficient (Wildman–Crippen LogP) is 9.78. The molecule has 2 aromatic heterocycles. The molecule has 0 saturated carbocycles. The SMILES string of the molecule is C.COCCOCCOCCN1CCN(c2nnc(-c3cccc(Cl)c3Cl)c(N)n2)CC1.COCCOCCOCCN1CCN(c2nnc(Cl)c(N)n2)CC1.O=CO[O-].OB(O)c1cccc(Cl)c1Cl.[Cs+].[Cs+].[H-].[Pd].c1ccc(P(c2ccccc2)c2ccccc2)cc1.c1ccc(P(c2ccccc2)c2ccccc2)cc1.c1ccc(P(c2ccccc2)c2ccccc2)cc1.c1ccc(P(c2ccccc2)c2ccccc2)cc1. The summed E-state index contributed by atoms with van der Waals surface area (Å²) in [4.78, 5) is 28.7. The van der Waals surface area contributed by atoms with Gasteiger partial charge in [0.25, 0.3) is 6.47 Å². The Hall–Kier alpha value is -6.67. The van der Waals surface area contributed by atoms with Gasteiger partial charge in [0.05, 0.1) is 86.2 Å². The number of benzene rings is 14. The van der Waals surface area contributed by atoms with Crippen LogP contribution in [0.25, 0.3) is 11.3 Å². The van der Waals surface area contributed by atoms with Crippen LogP contribution in [0.2, 0.25) is 25.2 Å². The molecule has 14 aromatic carbocycles. The maximum absolute atomic E-state index is 8.74. The van der Waals surface area contributed by atoms with Crippen LogP contribution in [0.1, 0.15) is 8.85 Å². The molecular formula is C114H124BCl5Cs2N12O11P4Pd. The molecule has 18 rings (SSSR count). The Labute approximate surface area is 1050 Å². The van der Waals surface area contributed by atoms with Crippen molar-refractivity contribution in [2.45, 2.75) is 7.43 Å². The Kier molecular flexibility index (Phi) is 66.7. The van der Waals surface area contributed by atoms with Crippen LogP contribution in [0.4, 0.5) is 23.5 Å². The third-order valence-electron chi connectivity index (χ3n) is 22.1. The van der Waals surface area contributed by atoms with Gasteiger partial charge in [0, 0.05) is 111 Å². The second-order valence-electron chi connectivity index (χ2n) is 31.9. The number of halogens is 5. The van der Waals surface area contributed by atoms with Crippen molar-refractivity contribution in [3.8, 4) is 11.3 Å². The van der Waals surface area contributed by atoms with E-state index in [1.54, 1.807) is 44.6 Å². The molecule has 2 saturated heterocycles. The van der Waals surface area contributed by atoms with Crippen molar-refractivity contribution in [3.63, 3.8) is 0 Å². The molecule has 23 nitrogen and oxygen atoms in total. The van der Waals surface area contributed by atoms with Crippen molar-refractivity contribution in [3.05, 3.63) is 426 Å². The monoisotopic (exact) mass is 2520 g/mol. The first-order chi connectivity index (χ1) is 71.6. The van der Waals surface area contributed by atoms with Gasteiger partial charge in [-0.2, -0.15) is 9.97 Å². The normalized spacial score (nSPS) is 11.8. The molecule has 0 amide bonds. The average Bonchev–Trinajstić information content (AvgIpc) is 0.657. The number of aromatic nitrogens is 6. The summed E-state index contributed by atoms with van der Waals surface area (Å²) >= 11 is 29.3. The quantitative estimate of drug-likeness (QED) is 0.00717. The number of nitrogens with zero attached hydrogens (tertiary/aromatic N) is 10. The second kappa shape index (κ2) is 76.9. The number of nitrogen functional groups attached to an aromatic ring is 2. The topological polar surface area (TPSA) is 288 Å². The zero-order valence-corrected chi connectivity index (χ0v) is 105. The van der Waals surface area contributed by atoms with Gasteiger partial charge in [0.1, 0.15) is 5.69 Å². The third kappa shape index (κ3) is 45.1. The summed E-state index contributed by atoms with van der Waals surface area (Å²) in [5, 5.41) is 60.5. The van der Waals surface area contributed by atoms with Gasteiger partial charge in [0.2, 0.25) is 11.9 Å². The molecule has 4 heterocycles. The van der Waals surface area contributed by atoms with Gasteiger partial charge < -0.3 is 71.3 Å². The molecule has 16 aromatic rings. The molecular weight excluding hydrogens is 2400 g/mol. The minimum atomic E-state index is -1.57. The minimum absolute atomic E-state index is 0. The first kappa shape index (κ1) is 130. The number of anilines is 4. The molecule has 2 fully saturated rings. The number of methoxy groups -OCH3 is 2. The zero-order chi connectivity index (χ0) is 103. The van der Waals surface area contributed by atoms with Gasteiger partial charge in [-0.25, -0.2) is 0 Å². The van der Waals surface area contributed by atoms with Crippen LogP contribution in [0.3, 0.4) is 0 Å². The van der Waals surface area contributed by atoms with Crippen molar-refractivity contribution >= 4 is 196 Å². The molecule has 0 aliphatic carbocycles. The number of nitrogens with two attached hydrogens (primary N) is 2. The second-order valence-corrected chi connectivity index (χ2v) is 42.7. The first-order valence-electron chi connectivity index (χ1n) is 47.3. The predicted molar refractivity (Wildman–Crippen MR) is 615 cm³/mol. The Morgan fingerprint density at radius 3 is 0.800 bits per heavy atom. The summed E-state index contributed by atoms with van der Waals surface area (Å²) in [6.45, 7) is 14.6. The van der Waals surface area contributed by atoms with Crippen LogP contribution in [0.15, 0.2) is 400 Å². The molecule has 2 aliphatic rings. The number of hydrogen-bond acceptors (Lipinski definition) is 23. The van der Waals surface area contributed by atoms with E-state index in [-0.39, 0.29) is 201 Å². The van der Waals surface area contributed by atoms with E-state index in [0.29, 0.717) is 104 Å². The summed E-state index contributed by atoms with van der Waals surface area (Å²) in [6.07, 6.45) is 0. The number of hydrogen-bond donors (Lipinski definition) is 4. The van der Waals surface area contributed by atoms with E-state index in [1.165, 1.54) is 69.7 Å². The summed E-state index contributed by atoms with van der Waals surface area (Å²) in [7, 11) is -0.0393. The number of rotatable bonds is 35. The molecule has 36 heteroatoms. The Morgan fingerprint density at radius 1 is 0.333 bits per heavy atom. The summed E-state index contributed by atoms with van der Waals surface area (Å²) in [5.74, 6) is 1.53. The molecule has 6 N–H and O–H groups in total. The summed E-state index contributed by atoms with van der Waals surface area (Å²) in [6, 6.07) is 139. The van der Waals surface area contributed by atoms with Crippen molar-refractivity contribution in [2.75, 3.05) is 167 Å². The van der Waals surface area contributed by atoms with Crippen LogP contribution in [0.5, 0.6) is 0 Å². The fourth-order valence-electron chi connectivity index (χ4n) is 14.9. The number of carbonyl (C=O) groups excluding carboxylic acids is 1. The van der Waals surface area contributed by atoms with Gasteiger partial charge >= 0.3 is 145 Å². The molecule has 2 aliphatic heterocycles. The molecule has 150 heavy (non-hydrogen) atoms. The third-order valence-corrected chi connectivity index (χ3v) is 33.8. The van der Waals surface area contributed by atoms with Gasteiger partial charge in [0.15, 0.2) is 16.8 Å². The largest absolute Gasteiger partial charge is 1.00 e. The Morgan fingerprint density at radius 2 is 0.567 bits per heavy atom. The van der Waals surface area contributed by atoms with Crippen LogP contribution < -0.4 is 233 Å². The number of ether oxygens (including phenoxy) is 6. The van der Waals surface area contributed by atoms with Gasteiger partial charge in [-0.05, 0) is 107 Å². The van der Waals surface area contributed by atoms with E-state index in [1.807, 2.05) is 0 Å². The molecule has 0 atom stereocenters. The fourth-order valence-corrected chi connectivity index (χ4v) is 25.0. The van der Waals surface area contributed by atoms with Crippen molar-refractivity contribution in [2.24, 2.45) is 0 Å². The Balaban J connectivity index is 0.000000269. The van der Waals surface area contributed by atoms with E-state index in [4.69, 9.17) is 118 Å². The van der Waals surface area contributed by atoms with Crippen LogP contribution in [-0.4, -0.2) is 210 Å². The van der Waals surface area contributed by atoms with E-state index >= 15 is 0 Å². The van der Waals surface area contributed by atoms with E-state index < -0.39 is 38.8 Å². The van der Waals surface area contributed by atoms with Gasteiger partial charge in [-0.1, -0.05) is 454 Å². The van der Waals surface area contributed by atoms with E-state index in [2.05, 4.69) is 419 Å². The molecule has 0 radical (unpaired) electrons. The minimum Gasteiger partial charge on any atom is -1.00 e. The summed E-state index contributed by atoms with van der Waals surface area (Å²) in [5.41, 5.74) is 13.1. The average molecular weight is 2520 g/mol. The zero-order valence-electron chi connectivity index (χ0n) is 84.6. The summed E-state index contributed by atoms with van der Waals surface area (Å²) < 4.78 is 31.7. The molecule has 0 spiro atoms. The van der Waals surface area contributed by atoms with Gasteiger partial charge in [-0.15, -0.1) is 20.4 Å². The van der Waals surface area contributed by atoms with E-state index in [9.17, 15) is 0 Å². The van der Waals surface area contributed by atoms with Crippen molar-refractivity contribution in [1.29, 1.82) is 0 Å². The van der Waals surface area contributed by atoms with Crippen LogP contribution >= 0.6 is 89.7 Å². The maximum Gasteiger partial charge on any atom is 1.00 e. The molecule has 776 valence electrons. The molecule has 0 bridgehead atoms. The van der Waals surface area contributed by atoms with E-state index in [0.717, 1.165) is 65.4 Å².